The second-order valence-electron chi connectivity index (χ2n) is 4.89. The molecule has 0 bridgehead atoms. The van der Waals surface area contributed by atoms with E-state index in [2.05, 4.69) is 11.4 Å². The fourth-order valence-corrected chi connectivity index (χ4v) is 2.30. The summed E-state index contributed by atoms with van der Waals surface area (Å²) in [6.07, 6.45) is 0. The lowest BCUT2D eigenvalue weighted by Crippen LogP contribution is -2.51. The molecule has 2 rings (SSSR count). The van der Waals surface area contributed by atoms with Crippen LogP contribution < -0.4 is 15.0 Å². The van der Waals surface area contributed by atoms with Crippen LogP contribution in [0.3, 0.4) is 0 Å². The van der Waals surface area contributed by atoms with Crippen molar-refractivity contribution < 1.29 is 9.53 Å². The van der Waals surface area contributed by atoms with Crippen molar-refractivity contribution in [2.45, 2.75) is 13.8 Å². The first-order valence-corrected chi connectivity index (χ1v) is 6.18. The number of rotatable bonds is 3. The molecule has 0 spiro atoms. The number of nitrogens with one attached hydrogen (secondary N) is 1. The zero-order valence-electron chi connectivity index (χ0n) is 11.4. The fraction of sp³-hybridized carbons (Fsp3) is 0.500. The molecule has 0 radical (unpaired) electrons. The zero-order valence-corrected chi connectivity index (χ0v) is 11.4. The van der Waals surface area contributed by atoms with E-state index in [1.807, 2.05) is 27.0 Å². The van der Waals surface area contributed by atoms with Crippen LogP contribution in [0.25, 0.3) is 0 Å². The Morgan fingerprint density at radius 1 is 1.39 bits per heavy atom. The normalized spacial score (nSPS) is 15.1. The molecule has 0 aromatic heterocycles. The summed E-state index contributed by atoms with van der Waals surface area (Å²) in [5.74, 6) is 1.03. The average Bonchev–Trinajstić information content (AvgIpc) is 2.24. The van der Waals surface area contributed by atoms with E-state index in [-0.39, 0.29) is 11.8 Å². The molecule has 1 aromatic carbocycles. The average molecular weight is 248 g/mol. The summed E-state index contributed by atoms with van der Waals surface area (Å²) in [6.45, 7) is 5.57. The molecule has 18 heavy (non-hydrogen) atoms. The molecule has 1 saturated heterocycles. The number of hydrogen-bond acceptors (Lipinski definition) is 3. The van der Waals surface area contributed by atoms with Gasteiger partial charge in [-0.3, -0.25) is 4.79 Å². The van der Waals surface area contributed by atoms with Crippen molar-refractivity contribution in [1.29, 1.82) is 0 Å². The minimum absolute atomic E-state index is 0.0977. The van der Waals surface area contributed by atoms with Gasteiger partial charge in [-0.05, 0) is 31.0 Å². The number of benzene rings is 1. The van der Waals surface area contributed by atoms with Crippen molar-refractivity contribution in [2.24, 2.45) is 5.92 Å². The topological polar surface area (TPSA) is 41.6 Å². The highest BCUT2D eigenvalue weighted by Crippen LogP contribution is 2.33. The summed E-state index contributed by atoms with van der Waals surface area (Å²) in [5, 5.41) is 3.12. The highest BCUT2D eigenvalue weighted by molar-refractivity contribution is 5.97. The monoisotopic (exact) mass is 248 g/mol. The molecule has 1 heterocycles. The maximum atomic E-state index is 12.2. The van der Waals surface area contributed by atoms with Crippen LogP contribution >= 0.6 is 0 Å². The van der Waals surface area contributed by atoms with E-state index in [9.17, 15) is 4.79 Å². The SMILES string of the molecule is COc1c(C)cc(C)cc1N(C)C(=O)C1CNC1. The second kappa shape index (κ2) is 4.98. The predicted octanol–water partition coefficient (Wildman–Crippen LogP) is 1.49. The van der Waals surface area contributed by atoms with Crippen LogP contribution in [0.15, 0.2) is 12.1 Å². The first-order valence-electron chi connectivity index (χ1n) is 6.18. The van der Waals surface area contributed by atoms with Crippen LogP contribution in [0.1, 0.15) is 11.1 Å². The van der Waals surface area contributed by atoms with Crippen molar-refractivity contribution in [1.82, 2.24) is 5.32 Å². The van der Waals surface area contributed by atoms with Crippen LogP contribution in [-0.4, -0.2) is 33.2 Å². The van der Waals surface area contributed by atoms with Gasteiger partial charge >= 0.3 is 0 Å². The Hall–Kier alpha value is -1.55. The Balaban J connectivity index is 2.33. The summed E-state index contributed by atoms with van der Waals surface area (Å²) in [5.41, 5.74) is 3.04. The standard InChI is InChI=1S/C14H20N2O2/c1-9-5-10(2)13(18-4)12(6-9)16(3)14(17)11-7-15-8-11/h5-6,11,15H,7-8H2,1-4H3. The Kier molecular flexibility index (Phi) is 3.57. The van der Waals surface area contributed by atoms with Gasteiger partial charge in [0.15, 0.2) is 0 Å². The van der Waals surface area contributed by atoms with Crippen molar-refractivity contribution in [3.63, 3.8) is 0 Å². The Labute approximate surface area is 108 Å². The summed E-state index contributed by atoms with van der Waals surface area (Å²) in [6, 6.07) is 4.06. The summed E-state index contributed by atoms with van der Waals surface area (Å²) >= 11 is 0. The van der Waals surface area contributed by atoms with Crippen molar-refractivity contribution in [3.8, 4) is 5.75 Å². The van der Waals surface area contributed by atoms with Crippen molar-refractivity contribution in [2.75, 3.05) is 32.1 Å². The highest BCUT2D eigenvalue weighted by Gasteiger charge is 2.29. The lowest BCUT2D eigenvalue weighted by molar-refractivity contribution is -0.123. The van der Waals surface area contributed by atoms with Gasteiger partial charge in [0.25, 0.3) is 0 Å². The van der Waals surface area contributed by atoms with Gasteiger partial charge in [0.05, 0.1) is 18.7 Å². The van der Waals surface area contributed by atoms with Crippen LogP contribution in [0, 0.1) is 19.8 Å². The number of carbonyl (C=O) groups is 1. The van der Waals surface area contributed by atoms with Crippen LogP contribution in [0.5, 0.6) is 5.75 Å². The van der Waals surface area contributed by atoms with Gasteiger partial charge in [-0.1, -0.05) is 6.07 Å². The van der Waals surface area contributed by atoms with E-state index in [0.717, 1.165) is 35.7 Å². The molecule has 0 unspecified atom stereocenters. The van der Waals surface area contributed by atoms with E-state index in [0.29, 0.717) is 0 Å². The summed E-state index contributed by atoms with van der Waals surface area (Å²) < 4.78 is 5.42. The first kappa shape index (κ1) is 12.9. The molecule has 1 aromatic rings. The highest BCUT2D eigenvalue weighted by atomic mass is 16.5. The number of anilines is 1. The number of amides is 1. The Morgan fingerprint density at radius 3 is 2.56 bits per heavy atom. The van der Waals surface area contributed by atoms with E-state index >= 15 is 0 Å². The van der Waals surface area contributed by atoms with Gasteiger partial charge < -0.3 is 15.0 Å². The molecule has 1 N–H and O–H groups in total. The summed E-state index contributed by atoms with van der Waals surface area (Å²) in [4.78, 5) is 14.0. The van der Waals surface area contributed by atoms with Gasteiger partial charge in [-0.2, -0.15) is 0 Å². The fourth-order valence-electron chi connectivity index (χ4n) is 2.30. The largest absolute Gasteiger partial charge is 0.494 e. The van der Waals surface area contributed by atoms with Gasteiger partial charge in [-0.25, -0.2) is 0 Å². The number of hydrogen-bond donors (Lipinski definition) is 1. The van der Waals surface area contributed by atoms with E-state index < -0.39 is 0 Å². The third-order valence-corrected chi connectivity index (χ3v) is 3.43. The summed E-state index contributed by atoms with van der Waals surface area (Å²) in [7, 11) is 3.46. The van der Waals surface area contributed by atoms with Gasteiger partial charge in [0.1, 0.15) is 5.75 Å². The lowest BCUT2D eigenvalue weighted by atomic mass is 10.0. The van der Waals surface area contributed by atoms with E-state index in [1.165, 1.54) is 0 Å². The van der Waals surface area contributed by atoms with Gasteiger partial charge in [-0.15, -0.1) is 0 Å². The molecule has 1 fully saturated rings. The lowest BCUT2D eigenvalue weighted by Gasteiger charge is -2.31. The molecule has 98 valence electrons. The maximum absolute atomic E-state index is 12.2. The smallest absolute Gasteiger partial charge is 0.232 e. The molecular formula is C14H20N2O2. The van der Waals surface area contributed by atoms with Crippen LogP contribution in [0.2, 0.25) is 0 Å². The third-order valence-electron chi connectivity index (χ3n) is 3.43. The predicted molar refractivity (Wildman–Crippen MR) is 72.2 cm³/mol. The van der Waals surface area contributed by atoms with Crippen molar-refractivity contribution in [3.05, 3.63) is 23.3 Å². The second-order valence-corrected chi connectivity index (χ2v) is 4.89. The molecule has 1 aliphatic heterocycles. The van der Waals surface area contributed by atoms with Crippen LogP contribution in [0.4, 0.5) is 5.69 Å². The molecular weight excluding hydrogens is 228 g/mol. The zero-order chi connectivity index (χ0) is 13.3. The molecule has 0 saturated carbocycles. The van der Waals surface area contributed by atoms with E-state index in [1.54, 1.807) is 12.0 Å². The number of carbonyl (C=O) groups excluding carboxylic acids is 1. The molecule has 4 nitrogen and oxygen atoms in total. The maximum Gasteiger partial charge on any atom is 0.232 e. The minimum Gasteiger partial charge on any atom is -0.494 e. The van der Waals surface area contributed by atoms with Crippen LogP contribution in [-0.2, 0) is 4.79 Å². The van der Waals surface area contributed by atoms with Gasteiger partial charge in [0.2, 0.25) is 5.91 Å². The number of nitrogens with zero attached hydrogens (tertiary/aromatic N) is 1. The van der Waals surface area contributed by atoms with Gasteiger partial charge in [0, 0.05) is 20.1 Å². The Morgan fingerprint density at radius 2 is 2.06 bits per heavy atom. The molecule has 1 aliphatic rings. The quantitative estimate of drug-likeness (QED) is 0.881. The minimum atomic E-state index is 0.0977. The molecule has 0 aliphatic carbocycles. The third kappa shape index (κ3) is 2.20. The number of methoxy groups -OCH3 is 1. The Bertz CT molecular complexity index is 467. The van der Waals surface area contributed by atoms with E-state index in [4.69, 9.17) is 4.74 Å². The molecule has 4 heteroatoms. The molecule has 0 atom stereocenters. The molecule has 1 amide bonds. The van der Waals surface area contributed by atoms with Crippen molar-refractivity contribution >= 4 is 11.6 Å². The number of ether oxygens (including phenoxy) is 1. The number of aryl methyl sites for hydroxylation is 2. The first-order chi connectivity index (χ1) is 8.54.